The summed E-state index contributed by atoms with van der Waals surface area (Å²) in [6, 6.07) is 9.46. The van der Waals surface area contributed by atoms with Gasteiger partial charge in [-0.2, -0.15) is 0 Å². The van der Waals surface area contributed by atoms with Crippen LogP contribution in [0.3, 0.4) is 0 Å². The zero-order valence-corrected chi connectivity index (χ0v) is 25.7. The zero-order valence-electron chi connectivity index (χ0n) is 23.2. The summed E-state index contributed by atoms with van der Waals surface area (Å²) in [6.45, 7) is 6.64. The van der Waals surface area contributed by atoms with Crippen molar-refractivity contribution in [3.05, 3.63) is 52.7 Å². The summed E-state index contributed by atoms with van der Waals surface area (Å²) in [4.78, 5) is 38.0. The Morgan fingerprint density at radius 3 is 2.81 bits per heavy atom. The van der Waals surface area contributed by atoms with Crippen molar-refractivity contribution in [2.24, 2.45) is 0 Å². The second-order valence-electron chi connectivity index (χ2n) is 10.8. The van der Waals surface area contributed by atoms with Crippen molar-refractivity contribution in [2.75, 3.05) is 42.7 Å². The SMILES string of the molecule is Cc1nc(-c2cccs2)nc(N2C[C@@H](Oc3ncc(-c4ccc[se]4)cc3N3CCOC4(COC4)[C@@H]3C)C[C@H]2C(=O)O)n1. The van der Waals surface area contributed by atoms with E-state index in [2.05, 4.69) is 49.9 Å². The number of aliphatic carboxylic acids is 1. The van der Waals surface area contributed by atoms with Crippen LogP contribution in [0.1, 0.15) is 19.2 Å². The summed E-state index contributed by atoms with van der Waals surface area (Å²) in [5.74, 6) is 0.947. The molecule has 0 saturated carbocycles. The van der Waals surface area contributed by atoms with Crippen molar-refractivity contribution in [3.63, 3.8) is 0 Å². The normalized spacial score (nSPS) is 23.2. The Morgan fingerprint density at radius 1 is 1.21 bits per heavy atom. The Morgan fingerprint density at radius 2 is 2.10 bits per heavy atom. The number of thiophene rings is 1. The molecule has 3 saturated heterocycles. The fourth-order valence-electron chi connectivity index (χ4n) is 5.83. The first kappa shape index (κ1) is 27.5. The molecule has 7 rings (SSSR count). The van der Waals surface area contributed by atoms with Crippen LogP contribution < -0.4 is 14.5 Å². The molecule has 0 bridgehead atoms. The molecule has 0 aliphatic carbocycles. The van der Waals surface area contributed by atoms with Crippen molar-refractivity contribution in [2.45, 2.75) is 44.1 Å². The Bertz CT molecular complexity index is 1580. The maximum absolute atomic E-state index is 12.4. The van der Waals surface area contributed by atoms with E-state index < -0.39 is 18.1 Å². The second kappa shape index (κ2) is 11.1. The Kier molecular flexibility index (Phi) is 7.23. The molecule has 3 aliphatic heterocycles. The van der Waals surface area contributed by atoms with Gasteiger partial charge in [-0.15, -0.1) is 11.3 Å². The van der Waals surface area contributed by atoms with E-state index >= 15 is 0 Å². The van der Waals surface area contributed by atoms with Gasteiger partial charge in [-0.3, -0.25) is 0 Å². The number of hydrogen-bond donors (Lipinski definition) is 1. The topological polar surface area (TPSA) is 123 Å². The van der Waals surface area contributed by atoms with Gasteiger partial charge < -0.3 is 0 Å². The average molecular weight is 654 g/mol. The van der Waals surface area contributed by atoms with Gasteiger partial charge >= 0.3 is 208 Å². The first-order valence-corrected chi connectivity index (χ1v) is 16.6. The van der Waals surface area contributed by atoms with Gasteiger partial charge in [0.15, 0.2) is 0 Å². The minimum absolute atomic E-state index is 0.0521. The molecule has 3 atom stereocenters. The summed E-state index contributed by atoms with van der Waals surface area (Å²) in [7, 11) is 0. The summed E-state index contributed by atoms with van der Waals surface area (Å²) < 4.78 is 19.6. The number of anilines is 2. The van der Waals surface area contributed by atoms with Crippen LogP contribution in [0.4, 0.5) is 11.6 Å². The summed E-state index contributed by atoms with van der Waals surface area (Å²) in [5.41, 5.74) is 1.61. The molecule has 218 valence electrons. The van der Waals surface area contributed by atoms with E-state index in [0.717, 1.165) is 16.1 Å². The van der Waals surface area contributed by atoms with E-state index in [1.165, 1.54) is 15.8 Å². The van der Waals surface area contributed by atoms with Crippen LogP contribution >= 0.6 is 11.3 Å². The summed E-state index contributed by atoms with van der Waals surface area (Å²) in [5, 5.41) is 12.1. The number of morpholine rings is 1. The molecule has 0 radical (unpaired) electrons. The summed E-state index contributed by atoms with van der Waals surface area (Å²) in [6.07, 6.45) is 1.70. The number of pyridine rings is 1. The van der Waals surface area contributed by atoms with Crippen LogP contribution in [0.2, 0.25) is 0 Å². The van der Waals surface area contributed by atoms with Crippen molar-refractivity contribution >= 4 is 43.4 Å². The average Bonchev–Trinajstić information content (AvgIpc) is 3.75. The van der Waals surface area contributed by atoms with Crippen LogP contribution in [0.15, 0.2) is 46.8 Å². The van der Waals surface area contributed by atoms with Crippen LogP contribution in [0, 0.1) is 6.92 Å². The third-order valence-corrected chi connectivity index (χ3v) is 10.9. The Labute approximate surface area is 252 Å². The fourth-order valence-corrected chi connectivity index (χ4v) is 7.97. The standard InChI is InChI=1S/C29H30N6O5SSe/c1-17-29(15-38-16-29)39-8-7-34(17)21-11-19(24-6-4-10-42-24)13-30-26(21)40-20-12-22(27(36)37)35(14-20)28-32-18(2)31-25(33-28)23-5-3-9-41-23/h3-6,9-11,13,17,20,22H,7-8,12,14-16H2,1-2H3,(H,36,37)/t17-,20-,22-/m0/s1. The van der Waals surface area contributed by atoms with E-state index in [0.29, 0.717) is 56.4 Å². The van der Waals surface area contributed by atoms with Crippen LogP contribution in [0.5, 0.6) is 5.88 Å². The predicted octanol–water partition coefficient (Wildman–Crippen LogP) is 3.13. The first-order chi connectivity index (χ1) is 20.4. The van der Waals surface area contributed by atoms with Crippen molar-refractivity contribution in [1.82, 2.24) is 19.9 Å². The molecule has 3 aliphatic rings. The van der Waals surface area contributed by atoms with Crippen LogP contribution in [-0.2, 0) is 14.3 Å². The van der Waals surface area contributed by atoms with E-state index in [1.807, 2.05) is 23.7 Å². The zero-order chi connectivity index (χ0) is 28.8. The van der Waals surface area contributed by atoms with Crippen molar-refractivity contribution in [3.8, 4) is 26.6 Å². The molecule has 4 aromatic heterocycles. The number of hydrogen-bond acceptors (Lipinski definition) is 11. The third-order valence-electron chi connectivity index (χ3n) is 8.15. The fraction of sp³-hybridized carbons (Fsp3) is 0.414. The van der Waals surface area contributed by atoms with Gasteiger partial charge in [0.25, 0.3) is 0 Å². The maximum atomic E-state index is 12.4. The van der Waals surface area contributed by atoms with Gasteiger partial charge in [0.2, 0.25) is 0 Å². The third kappa shape index (κ3) is 4.99. The number of carboxylic acids is 1. The predicted molar refractivity (Wildman–Crippen MR) is 159 cm³/mol. The quantitative estimate of drug-likeness (QED) is 0.296. The molecule has 1 spiro atoms. The molecule has 4 aromatic rings. The molecule has 0 amide bonds. The van der Waals surface area contributed by atoms with Gasteiger partial charge in [0.05, 0.1) is 4.88 Å². The monoisotopic (exact) mass is 654 g/mol. The minimum atomic E-state index is -0.947. The number of nitrogens with zero attached hydrogens (tertiary/aromatic N) is 6. The van der Waals surface area contributed by atoms with Crippen molar-refractivity contribution < 1.29 is 24.1 Å². The number of rotatable bonds is 7. The van der Waals surface area contributed by atoms with E-state index in [9.17, 15) is 9.90 Å². The molecule has 1 N–H and O–H groups in total. The molecule has 11 nitrogen and oxygen atoms in total. The van der Waals surface area contributed by atoms with Crippen LogP contribution in [0.25, 0.3) is 20.7 Å². The van der Waals surface area contributed by atoms with Crippen LogP contribution in [-0.4, -0.2) is 102 Å². The second-order valence-corrected chi connectivity index (χ2v) is 13.7. The number of carboxylic acid groups (broad SMARTS) is 1. The van der Waals surface area contributed by atoms with E-state index in [1.54, 1.807) is 11.8 Å². The number of aryl methyl sites for hydroxylation is 1. The molecule has 13 heteroatoms. The van der Waals surface area contributed by atoms with Gasteiger partial charge in [-0.1, -0.05) is 6.07 Å². The van der Waals surface area contributed by atoms with E-state index in [-0.39, 0.29) is 32.6 Å². The summed E-state index contributed by atoms with van der Waals surface area (Å²) >= 11 is 1.78. The Balaban J connectivity index is 1.20. The molecule has 42 heavy (non-hydrogen) atoms. The van der Waals surface area contributed by atoms with Gasteiger partial charge in [0.1, 0.15) is 0 Å². The first-order valence-electron chi connectivity index (χ1n) is 13.9. The van der Waals surface area contributed by atoms with E-state index in [4.69, 9.17) is 19.2 Å². The van der Waals surface area contributed by atoms with Gasteiger partial charge in [-0.05, 0) is 18.4 Å². The molecule has 0 unspecified atom stereocenters. The number of aromatic nitrogens is 4. The molecular formula is C29H30N6O5SSe. The van der Waals surface area contributed by atoms with Gasteiger partial charge in [0, 0.05) is 0 Å². The molecule has 0 aromatic carbocycles. The van der Waals surface area contributed by atoms with Crippen molar-refractivity contribution in [1.29, 1.82) is 0 Å². The Hall–Kier alpha value is -3.35. The number of ether oxygens (including phenoxy) is 3. The van der Waals surface area contributed by atoms with Gasteiger partial charge in [-0.25, -0.2) is 4.98 Å². The number of carbonyl (C=O) groups is 1. The molecule has 3 fully saturated rings. The molecular weight excluding hydrogens is 623 g/mol. The molecule has 7 heterocycles.